The fourth-order valence-electron chi connectivity index (χ4n) is 4.21. The van der Waals surface area contributed by atoms with Crippen LogP contribution in [0.3, 0.4) is 0 Å². The molecule has 35 heavy (non-hydrogen) atoms. The van der Waals surface area contributed by atoms with E-state index in [1.54, 1.807) is 11.8 Å². The van der Waals surface area contributed by atoms with Gasteiger partial charge in [0.15, 0.2) is 0 Å². The van der Waals surface area contributed by atoms with E-state index in [-0.39, 0.29) is 36.5 Å². The topological polar surface area (TPSA) is 126 Å². The summed E-state index contributed by atoms with van der Waals surface area (Å²) in [4.78, 5) is 16.5. The zero-order chi connectivity index (χ0) is 25.2. The molecule has 0 amide bonds. The van der Waals surface area contributed by atoms with Crippen LogP contribution in [-0.2, 0) is 12.1 Å². The highest BCUT2D eigenvalue weighted by Crippen LogP contribution is 2.34. The maximum absolute atomic E-state index is 15.1. The molecule has 10 nitrogen and oxygen atoms in total. The summed E-state index contributed by atoms with van der Waals surface area (Å²) in [6.07, 6.45) is 0.262. The number of hydrogen-bond acceptors (Lipinski definition) is 8. The van der Waals surface area contributed by atoms with Crippen LogP contribution < -0.4 is 4.74 Å². The highest BCUT2D eigenvalue weighted by molar-refractivity contribution is 5.87. The normalized spacial score (nSPS) is 21.3. The van der Waals surface area contributed by atoms with E-state index in [1.165, 1.54) is 23.1 Å². The number of pyridine rings is 1. The van der Waals surface area contributed by atoms with Crippen LogP contribution in [0.2, 0.25) is 0 Å². The first-order chi connectivity index (χ1) is 16.7. The Labute approximate surface area is 198 Å². The molecule has 1 fully saturated rings. The van der Waals surface area contributed by atoms with Gasteiger partial charge in [-0.05, 0) is 29.5 Å². The summed E-state index contributed by atoms with van der Waals surface area (Å²) in [5.41, 5.74) is -2.11. The van der Waals surface area contributed by atoms with Crippen molar-refractivity contribution in [1.82, 2.24) is 30.1 Å². The van der Waals surface area contributed by atoms with Crippen molar-refractivity contribution in [3.63, 3.8) is 0 Å². The Morgan fingerprint density at radius 2 is 2.11 bits per heavy atom. The number of carbonyl (C=O) groups is 1. The molecule has 1 aromatic carbocycles. The van der Waals surface area contributed by atoms with Gasteiger partial charge in [-0.15, -0.1) is 5.10 Å². The number of rotatable bonds is 8. The van der Waals surface area contributed by atoms with Crippen LogP contribution in [-0.4, -0.2) is 77.7 Å². The number of aromatic nitrogens is 5. The number of ether oxygens (including phenoxy) is 1. The lowest BCUT2D eigenvalue weighted by Crippen LogP contribution is -2.57. The first-order valence-electron chi connectivity index (χ1n) is 10.8. The highest BCUT2D eigenvalue weighted by atomic mass is 19.1. The number of likely N-dealkylation sites (tertiary alicyclic amines) is 1. The van der Waals surface area contributed by atoms with E-state index in [0.717, 1.165) is 18.3 Å². The molecule has 3 heterocycles. The van der Waals surface area contributed by atoms with Crippen molar-refractivity contribution in [3.8, 4) is 5.88 Å². The van der Waals surface area contributed by atoms with Gasteiger partial charge in [-0.3, -0.25) is 4.90 Å². The van der Waals surface area contributed by atoms with Crippen LogP contribution in [0.1, 0.15) is 29.3 Å². The standard InChI is InChI=1S/C22H23F3N6O4/c1-13(22(34,11-31-12-27-28-29-31)16-4-3-15(23)8-17(16)24)30-7-6-19(18(25)10-30)35-20-5-2-14(9-26-20)21(32)33/h2-5,8-9,12-13,18-19,34H,6-7,10-11H2,1H3,(H,32,33)/t13-,18-,19+,22-/m1/s1. The lowest BCUT2D eigenvalue weighted by atomic mass is 9.84. The van der Waals surface area contributed by atoms with Gasteiger partial charge in [0.25, 0.3) is 0 Å². The minimum absolute atomic E-state index is 0.0207. The second-order valence-corrected chi connectivity index (χ2v) is 8.38. The predicted molar refractivity (Wildman–Crippen MR) is 114 cm³/mol. The number of carboxylic acids is 1. The minimum Gasteiger partial charge on any atom is -0.478 e. The third kappa shape index (κ3) is 5.25. The van der Waals surface area contributed by atoms with Crippen LogP contribution in [0.15, 0.2) is 42.9 Å². The van der Waals surface area contributed by atoms with Gasteiger partial charge in [0.05, 0.1) is 12.1 Å². The number of aromatic carboxylic acids is 1. The van der Waals surface area contributed by atoms with Gasteiger partial charge >= 0.3 is 5.97 Å². The molecule has 1 saturated heterocycles. The molecule has 0 aliphatic carbocycles. The predicted octanol–water partition coefficient (Wildman–Crippen LogP) is 1.81. The molecule has 1 aliphatic heterocycles. The molecular weight excluding hydrogens is 469 g/mol. The van der Waals surface area contributed by atoms with Gasteiger partial charge in [0, 0.05) is 49.4 Å². The molecule has 0 spiro atoms. The van der Waals surface area contributed by atoms with Gasteiger partial charge in [0.1, 0.15) is 35.8 Å². The summed E-state index contributed by atoms with van der Waals surface area (Å²) in [6.45, 7) is 1.52. The van der Waals surface area contributed by atoms with E-state index < -0.39 is 41.5 Å². The summed E-state index contributed by atoms with van der Waals surface area (Å²) in [6, 6.07) is 4.71. The van der Waals surface area contributed by atoms with Crippen molar-refractivity contribution in [3.05, 3.63) is 65.6 Å². The van der Waals surface area contributed by atoms with Gasteiger partial charge in [-0.1, -0.05) is 6.07 Å². The van der Waals surface area contributed by atoms with Gasteiger partial charge in [-0.2, -0.15) is 0 Å². The smallest absolute Gasteiger partial charge is 0.337 e. The Hall–Kier alpha value is -3.58. The summed E-state index contributed by atoms with van der Waals surface area (Å²) in [5.74, 6) is -2.79. The molecule has 186 valence electrons. The molecule has 0 saturated carbocycles. The number of hydrogen-bond donors (Lipinski definition) is 2. The molecule has 0 bridgehead atoms. The van der Waals surface area contributed by atoms with Crippen molar-refractivity contribution in [2.24, 2.45) is 0 Å². The fourth-order valence-corrected chi connectivity index (χ4v) is 4.21. The Morgan fingerprint density at radius 1 is 1.31 bits per heavy atom. The van der Waals surface area contributed by atoms with E-state index >= 15 is 4.39 Å². The first-order valence-corrected chi connectivity index (χ1v) is 10.8. The van der Waals surface area contributed by atoms with E-state index in [9.17, 15) is 18.7 Å². The van der Waals surface area contributed by atoms with Crippen molar-refractivity contribution in [2.45, 2.75) is 43.8 Å². The van der Waals surface area contributed by atoms with Crippen LogP contribution in [0.25, 0.3) is 0 Å². The third-order valence-corrected chi connectivity index (χ3v) is 6.20. The zero-order valence-corrected chi connectivity index (χ0v) is 18.6. The second-order valence-electron chi connectivity index (χ2n) is 8.38. The summed E-state index contributed by atoms with van der Waals surface area (Å²) < 4.78 is 50.2. The lowest BCUT2D eigenvalue weighted by molar-refractivity contribution is -0.0883. The van der Waals surface area contributed by atoms with Crippen molar-refractivity contribution in [1.29, 1.82) is 0 Å². The van der Waals surface area contributed by atoms with Crippen molar-refractivity contribution < 1.29 is 32.9 Å². The average Bonchev–Trinajstić information content (AvgIpc) is 3.33. The number of aliphatic hydroxyl groups is 1. The summed E-state index contributed by atoms with van der Waals surface area (Å²) in [7, 11) is 0. The van der Waals surface area contributed by atoms with Gasteiger partial charge in [-0.25, -0.2) is 27.6 Å². The molecule has 4 rings (SSSR count). The molecule has 13 heteroatoms. The van der Waals surface area contributed by atoms with Crippen LogP contribution in [0, 0.1) is 11.6 Å². The molecule has 0 radical (unpaired) electrons. The number of nitrogens with zero attached hydrogens (tertiary/aromatic N) is 6. The largest absolute Gasteiger partial charge is 0.478 e. The molecule has 4 atom stereocenters. The molecule has 2 N–H and O–H groups in total. The number of carboxylic acid groups (broad SMARTS) is 1. The highest BCUT2D eigenvalue weighted by Gasteiger charge is 2.45. The van der Waals surface area contributed by atoms with Crippen LogP contribution in [0.4, 0.5) is 13.2 Å². The Bertz CT molecular complexity index is 1170. The minimum atomic E-state index is -1.92. The van der Waals surface area contributed by atoms with Crippen LogP contribution >= 0.6 is 0 Å². The number of tetrazole rings is 1. The molecular formula is C22H23F3N6O4. The van der Waals surface area contributed by atoms with E-state index in [2.05, 4.69) is 20.5 Å². The van der Waals surface area contributed by atoms with Crippen LogP contribution in [0.5, 0.6) is 5.88 Å². The maximum atomic E-state index is 15.1. The zero-order valence-electron chi connectivity index (χ0n) is 18.6. The van der Waals surface area contributed by atoms with E-state index in [0.29, 0.717) is 12.6 Å². The van der Waals surface area contributed by atoms with Gasteiger partial charge in [0.2, 0.25) is 5.88 Å². The second kappa shape index (κ2) is 9.96. The van der Waals surface area contributed by atoms with E-state index in [1.807, 2.05) is 0 Å². The van der Waals surface area contributed by atoms with E-state index in [4.69, 9.17) is 9.84 Å². The van der Waals surface area contributed by atoms with Crippen molar-refractivity contribution >= 4 is 5.97 Å². The van der Waals surface area contributed by atoms with Crippen molar-refractivity contribution in [2.75, 3.05) is 13.1 Å². The number of benzene rings is 1. The monoisotopic (exact) mass is 492 g/mol. The Kier molecular flexibility index (Phi) is 6.98. The fraction of sp³-hybridized carbons (Fsp3) is 0.409. The molecule has 3 aromatic rings. The SMILES string of the molecule is C[C@@H](N1CC[C@H](Oc2ccc(C(=O)O)cn2)[C@H](F)C1)[C@](O)(Cn1cnnn1)c1ccc(F)cc1F. The number of piperidine rings is 1. The quantitative estimate of drug-likeness (QED) is 0.484. The molecule has 0 unspecified atom stereocenters. The maximum Gasteiger partial charge on any atom is 0.337 e. The number of halogens is 3. The molecule has 2 aromatic heterocycles. The molecule has 1 aliphatic rings. The Morgan fingerprint density at radius 3 is 2.71 bits per heavy atom. The Balaban J connectivity index is 1.51. The van der Waals surface area contributed by atoms with Gasteiger partial charge < -0.3 is 14.9 Å². The number of alkyl halides is 1. The lowest BCUT2D eigenvalue weighted by Gasteiger charge is -2.44. The average molecular weight is 492 g/mol. The summed E-state index contributed by atoms with van der Waals surface area (Å²) >= 11 is 0. The first kappa shape index (κ1) is 24.5. The third-order valence-electron chi connectivity index (χ3n) is 6.20. The summed E-state index contributed by atoms with van der Waals surface area (Å²) in [5, 5.41) is 31.4.